The number of para-hydroxylation sites is 1. The van der Waals surface area contributed by atoms with Gasteiger partial charge in [-0.05, 0) is 61.2 Å². The van der Waals surface area contributed by atoms with E-state index in [2.05, 4.69) is 5.32 Å². The molecule has 1 unspecified atom stereocenters. The number of hydrogen-bond donors (Lipinski definition) is 1. The Balaban J connectivity index is 1.78. The van der Waals surface area contributed by atoms with Crippen LogP contribution in [0, 0.1) is 13.8 Å². The third-order valence-corrected chi connectivity index (χ3v) is 9.42. The molecule has 0 spiro atoms. The van der Waals surface area contributed by atoms with Gasteiger partial charge in [-0.25, -0.2) is 8.42 Å². The lowest BCUT2D eigenvalue weighted by atomic mass is 10.0. The largest absolute Gasteiger partial charge is 0.354 e. The summed E-state index contributed by atoms with van der Waals surface area (Å²) >= 11 is 0. The number of amides is 2. The number of carbonyl (C=O) groups excluding carboxylic acids is 2. The molecule has 1 atom stereocenters. The highest BCUT2D eigenvalue weighted by molar-refractivity contribution is 7.92. The van der Waals surface area contributed by atoms with Gasteiger partial charge in [0.25, 0.3) is 10.0 Å². The Bertz CT molecular complexity index is 1630. The lowest BCUT2D eigenvalue weighted by molar-refractivity contribution is -0.140. The Labute approximate surface area is 261 Å². The van der Waals surface area contributed by atoms with E-state index in [-0.39, 0.29) is 23.8 Å². The van der Waals surface area contributed by atoms with E-state index in [0.29, 0.717) is 12.2 Å². The fraction of sp³-hybridized carbons (Fsp3) is 0.278. The Morgan fingerprint density at radius 2 is 1.41 bits per heavy atom. The van der Waals surface area contributed by atoms with Crippen molar-refractivity contribution in [2.24, 2.45) is 0 Å². The van der Waals surface area contributed by atoms with Crippen molar-refractivity contribution in [3.8, 4) is 0 Å². The molecule has 4 aromatic carbocycles. The fourth-order valence-electron chi connectivity index (χ4n) is 4.99. The normalized spacial score (nSPS) is 11.9. The maximum absolute atomic E-state index is 14.5. The summed E-state index contributed by atoms with van der Waals surface area (Å²) in [7, 11) is -4.12. The summed E-state index contributed by atoms with van der Waals surface area (Å²) in [5.41, 5.74) is 4.05. The number of sulfonamides is 1. The molecule has 0 radical (unpaired) electrons. The van der Waals surface area contributed by atoms with Crippen molar-refractivity contribution in [3.05, 3.63) is 131 Å². The number of benzene rings is 4. The Morgan fingerprint density at radius 3 is 2.05 bits per heavy atom. The first kappa shape index (κ1) is 32.5. The molecule has 0 saturated carbocycles. The van der Waals surface area contributed by atoms with E-state index in [4.69, 9.17) is 0 Å². The summed E-state index contributed by atoms with van der Waals surface area (Å²) in [5.74, 6) is -0.740. The predicted molar refractivity (Wildman–Crippen MR) is 176 cm³/mol. The summed E-state index contributed by atoms with van der Waals surface area (Å²) in [5, 5.41) is 3.02. The zero-order chi connectivity index (χ0) is 31.5. The van der Waals surface area contributed by atoms with Gasteiger partial charge < -0.3 is 10.2 Å². The number of anilines is 1. The van der Waals surface area contributed by atoms with E-state index < -0.39 is 28.5 Å². The molecule has 0 saturated heterocycles. The highest BCUT2D eigenvalue weighted by Crippen LogP contribution is 2.25. The zero-order valence-electron chi connectivity index (χ0n) is 25.6. The van der Waals surface area contributed by atoms with Crippen LogP contribution in [0.25, 0.3) is 0 Å². The smallest absolute Gasteiger partial charge is 0.264 e. The van der Waals surface area contributed by atoms with E-state index in [9.17, 15) is 18.0 Å². The van der Waals surface area contributed by atoms with Crippen LogP contribution in [0.1, 0.15) is 42.0 Å². The van der Waals surface area contributed by atoms with E-state index in [1.54, 1.807) is 54.6 Å². The molecule has 0 aliphatic rings. The van der Waals surface area contributed by atoms with Crippen LogP contribution in [0.5, 0.6) is 0 Å². The Kier molecular flexibility index (Phi) is 11.3. The highest BCUT2D eigenvalue weighted by Gasteiger charge is 2.34. The zero-order valence-corrected chi connectivity index (χ0v) is 26.5. The molecule has 0 fully saturated rings. The minimum Gasteiger partial charge on any atom is -0.354 e. The minimum atomic E-state index is -4.12. The molecule has 4 rings (SSSR count). The third kappa shape index (κ3) is 8.35. The first-order chi connectivity index (χ1) is 21.2. The molecule has 230 valence electrons. The average Bonchev–Trinajstić information content (AvgIpc) is 3.03. The molecular weight excluding hydrogens is 570 g/mol. The van der Waals surface area contributed by atoms with Crippen LogP contribution in [-0.4, -0.2) is 44.3 Å². The molecule has 0 aliphatic carbocycles. The number of hydrogen-bond acceptors (Lipinski definition) is 4. The van der Waals surface area contributed by atoms with Gasteiger partial charge in [0.2, 0.25) is 11.8 Å². The van der Waals surface area contributed by atoms with Crippen LogP contribution in [0.4, 0.5) is 5.69 Å². The Morgan fingerprint density at radius 1 is 0.795 bits per heavy atom. The van der Waals surface area contributed by atoms with Crippen molar-refractivity contribution in [2.75, 3.05) is 17.4 Å². The summed E-state index contributed by atoms with van der Waals surface area (Å²) < 4.78 is 29.3. The predicted octanol–water partition coefficient (Wildman–Crippen LogP) is 6.06. The topological polar surface area (TPSA) is 86.8 Å². The quantitative estimate of drug-likeness (QED) is 0.176. The lowest BCUT2D eigenvalue weighted by Crippen LogP contribution is -2.53. The van der Waals surface area contributed by atoms with Crippen molar-refractivity contribution >= 4 is 27.5 Å². The van der Waals surface area contributed by atoms with E-state index >= 15 is 0 Å². The van der Waals surface area contributed by atoms with Crippen molar-refractivity contribution in [1.29, 1.82) is 0 Å². The maximum Gasteiger partial charge on any atom is 0.264 e. The standard InChI is InChI=1S/C36H41N3O4S/c1-4-5-24-37-36(41)34(25-30-15-8-6-9-16-30)38(26-31-17-13-12-14-29(31)3)35(40)27-39(32-18-10-7-11-19-32)44(42,43)33-22-20-28(2)21-23-33/h6-23,34H,4-5,24-27H2,1-3H3,(H,37,41). The molecule has 0 heterocycles. The van der Waals surface area contributed by atoms with Gasteiger partial charge >= 0.3 is 0 Å². The van der Waals surface area contributed by atoms with Crippen molar-refractivity contribution in [3.63, 3.8) is 0 Å². The molecule has 2 amide bonds. The van der Waals surface area contributed by atoms with E-state index in [0.717, 1.165) is 39.4 Å². The van der Waals surface area contributed by atoms with Gasteiger partial charge in [-0.1, -0.05) is 104 Å². The summed E-state index contributed by atoms with van der Waals surface area (Å²) in [6, 6.07) is 31.6. The third-order valence-electron chi connectivity index (χ3n) is 7.63. The SMILES string of the molecule is CCCCNC(=O)C(Cc1ccccc1)N(Cc1ccccc1C)C(=O)CN(c1ccccc1)S(=O)(=O)c1ccc(C)cc1. The lowest BCUT2D eigenvalue weighted by Gasteiger charge is -2.34. The Hall–Kier alpha value is -4.43. The number of nitrogens with one attached hydrogen (secondary N) is 1. The summed E-state index contributed by atoms with van der Waals surface area (Å²) in [6.07, 6.45) is 2.01. The van der Waals surface area contributed by atoms with Gasteiger partial charge in [-0.2, -0.15) is 0 Å². The van der Waals surface area contributed by atoms with E-state index in [1.165, 1.54) is 4.90 Å². The highest BCUT2D eigenvalue weighted by atomic mass is 32.2. The molecule has 7 nitrogen and oxygen atoms in total. The van der Waals surface area contributed by atoms with Gasteiger partial charge in [-0.3, -0.25) is 13.9 Å². The molecular formula is C36H41N3O4S. The first-order valence-electron chi connectivity index (χ1n) is 15.0. The van der Waals surface area contributed by atoms with Crippen LogP contribution in [0.2, 0.25) is 0 Å². The number of aryl methyl sites for hydroxylation is 2. The second-order valence-electron chi connectivity index (χ2n) is 11.0. The molecule has 44 heavy (non-hydrogen) atoms. The molecule has 0 aromatic heterocycles. The van der Waals surface area contributed by atoms with Gasteiger partial charge in [0, 0.05) is 19.5 Å². The van der Waals surface area contributed by atoms with Crippen molar-refractivity contribution in [2.45, 2.75) is 57.5 Å². The van der Waals surface area contributed by atoms with Crippen molar-refractivity contribution in [1.82, 2.24) is 10.2 Å². The van der Waals surface area contributed by atoms with Gasteiger partial charge in [0.05, 0.1) is 10.6 Å². The second-order valence-corrected chi connectivity index (χ2v) is 12.8. The summed E-state index contributed by atoms with van der Waals surface area (Å²) in [6.45, 7) is 6.07. The van der Waals surface area contributed by atoms with E-state index in [1.807, 2.05) is 75.4 Å². The molecule has 4 aromatic rings. The minimum absolute atomic E-state index is 0.0864. The number of nitrogens with zero attached hydrogens (tertiary/aromatic N) is 2. The number of carbonyl (C=O) groups is 2. The molecule has 8 heteroatoms. The van der Waals surface area contributed by atoms with Crippen LogP contribution >= 0.6 is 0 Å². The molecule has 0 bridgehead atoms. The van der Waals surface area contributed by atoms with Crippen molar-refractivity contribution < 1.29 is 18.0 Å². The fourth-order valence-corrected chi connectivity index (χ4v) is 6.41. The number of unbranched alkanes of at least 4 members (excludes halogenated alkanes) is 1. The van der Waals surface area contributed by atoms with Gasteiger partial charge in [0.15, 0.2) is 0 Å². The second kappa shape index (κ2) is 15.3. The van der Waals surface area contributed by atoms with Crippen LogP contribution in [0.3, 0.4) is 0 Å². The number of rotatable bonds is 14. The van der Waals surface area contributed by atoms with Gasteiger partial charge in [-0.15, -0.1) is 0 Å². The molecule has 0 aliphatic heterocycles. The monoisotopic (exact) mass is 611 g/mol. The maximum atomic E-state index is 14.5. The van der Waals surface area contributed by atoms with Crippen LogP contribution in [-0.2, 0) is 32.6 Å². The van der Waals surface area contributed by atoms with Gasteiger partial charge in [0.1, 0.15) is 12.6 Å². The van der Waals surface area contributed by atoms with Crippen LogP contribution in [0.15, 0.2) is 114 Å². The van der Waals surface area contributed by atoms with Crippen LogP contribution < -0.4 is 9.62 Å². The first-order valence-corrected chi connectivity index (χ1v) is 16.4. The average molecular weight is 612 g/mol. The molecule has 1 N–H and O–H groups in total. The summed E-state index contributed by atoms with van der Waals surface area (Å²) in [4.78, 5) is 29.9.